The number of aromatic nitrogens is 1. The molecule has 0 saturated carbocycles. The van der Waals surface area contributed by atoms with Gasteiger partial charge in [0.2, 0.25) is 10.0 Å². The van der Waals surface area contributed by atoms with E-state index in [0.717, 1.165) is 16.9 Å². The molecule has 1 aromatic heterocycles. The SMILES string of the molecule is COc1ccccc1-c1ccc(OCC2CN(S(=O)(=O)c3c(C(N)=O)[nH]c4ccc(Cl)cc34)CCO2)cc1. The molecule has 1 saturated heterocycles. The molecule has 2 heterocycles. The highest BCUT2D eigenvalue weighted by molar-refractivity contribution is 7.89. The van der Waals surface area contributed by atoms with E-state index in [0.29, 0.717) is 21.7 Å². The normalized spacial score (nSPS) is 16.4. The van der Waals surface area contributed by atoms with Crippen molar-refractivity contribution in [3.63, 3.8) is 0 Å². The van der Waals surface area contributed by atoms with E-state index in [4.69, 9.17) is 31.5 Å². The van der Waals surface area contributed by atoms with Crippen LogP contribution in [-0.4, -0.2) is 63.1 Å². The number of ether oxygens (including phenoxy) is 3. The summed E-state index contributed by atoms with van der Waals surface area (Å²) in [4.78, 5) is 14.7. The topological polar surface area (TPSA) is 124 Å². The van der Waals surface area contributed by atoms with Crippen LogP contribution in [-0.2, 0) is 14.8 Å². The number of nitrogens with one attached hydrogen (secondary N) is 1. The number of halogens is 1. The first-order valence-electron chi connectivity index (χ1n) is 11.9. The van der Waals surface area contributed by atoms with E-state index < -0.39 is 22.0 Å². The maximum Gasteiger partial charge on any atom is 0.266 e. The van der Waals surface area contributed by atoms with Gasteiger partial charge < -0.3 is 24.9 Å². The summed E-state index contributed by atoms with van der Waals surface area (Å²) in [6.07, 6.45) is -0.516. The van der Waals surface area contributed by atoms with E-state index >= 15 is 0 Å². The number of fused-ring (bicyclic) bond motifs is 1. The number of carbonyl (C=O) groups is 1. The lowest BCUT2D eigenvalue weighted by molar-refractivity contribution is -0.0249. The van der Waals surface area contributed by atoms with Crippen LogP contribution in [0.5, 0.6) is 11.5 Å². The first kappa shape index (κ1) is 26.1. The Labute approximate surface area is 225 Å². The van der Waals surface area contributed by atoms with Crippen LogP contribution in [0.4, 0.5) is 0 Å². The summed E-state index contributed by atoms with van der Waals surface area (Å²) in [6, 6.07) is 20.0. The van der Waals surface area contributed by atoms with Gasteiger partial charge in [0, 0.05) is 34.6 Å². The summed E-state index contributed by atoms with van der Waals surface area (Å²) in [5.74, 6) is 0.519. The van der Waals surface area contributed by atoms with Crippen molar-refractivity contribution in [3.8, 4) is 22.6 Å². The number of morpholine rings is 1. The summed E-state index contributed by atoms with van der Waals surface area (Å²) in [6.45, 7) is 0.488. The Morgan fingerprint density at radius 3 is 2.66 bits per heavy atom. The van der Waals surface area contributed by atoms with Gasteiger partial charge in [0.15, 0.2) is 0 Å². The van der Waals surface area contributed by atoms with Crippen LogP contribution in [0.2, 0.25) is 5.02 Å². The second-order valence-corrected chi connectivity index (χ2v) is 11.1. The summed E-state index contributed by atoms with van der Waals surface area (Å²) in [5, 5.41) is 0.648. The van der Waals surface area contributed by atoms with Gasteiger partial charge in [0.05, 0.1) is 13.7 Å². The third-order valence-corrected chi connectivity index (χ3v) is 8.55. The Hall–Kier alpha value is -3.57. The third kappa shape index (κ3) is 5.08. The molecule has 1 atom stereocenters. The van der Waals surface area contributed by atoms with E-state index in [-0.39, 0.29) is 36.9 Å². The van der Waals surface area contributed by atoms with Crippen LogP contribution in [0.25, 0.3) is 22.0 Å². The number of para-hydroxylation sites is 1. The van der Waals surface area contributed by atoms with Crippen LogP contribution >= 0.6 is 11.6 Å². The molecule has 1 fully saturated rings. The maximum atomic E-state index is 13.7. The average Bonchev–Trinajstić information content (AvgIpc) is 3.32. The van der Waals surface area contributed by atoms with Crippen molar-refractivity contribution in [1.82, 2.24) is 9.29 Å². The quantitative estimate of drug-likeness (QED) is 0.338. The second-order valence-electron chi connectivity index (χ2n) is 8.77. The predicted molar refractivity (Wildman–Crippen MR) is 144 cm³/mol. The Morgan fingerprint density at radius 2 is 1.92 bits per heavy atom. The van der Waals surface area contributed by atoms with Gasteiger partial charge in [-0.1, -0.05) is 41.9 Å². The molecule has 1 aliphatic rings. The lowest BCUT2D eigenvalue weighted by atomic mass is 10.0. The monoisotopic (exact) mass is 555 g/mol. The standard InChI is InChI=1S/C27H26ClN3O6S/c1-35-24-5-3-2-4-21(24)17-6-9-19(10-7-17)37-16-20-15-31(12-13-36-20)38(33,34)26-22-14-18(28)8-11-23(22)30-25(26)27(29)32/h2-11,14,20,30H,12-13,15-16H2,1H3,(H2,29,32). The van der Waals surface area contributed by atoms with E-state index in [2.05, 4.69) is 4.98 Å². The summed E-state index contributed by atoms with van der Waals surface area (Å²) < 4.78 is 45.8. The molecule has 0 bridgehead atoms. The Bertz CT molecular complexity index is 1590. The number of carbonyl (C=O) groups excluding carboxylic acids is 1. The Morgan fingerprint density at radius 1 is 1.16 bits per heavy atom. The fraction of sp³-hybridized carbons (Fsp3) is 0.222. The van der Waals surface area contributed by atoms with E-state index in [1.54, 1.807) is 19.2 Å². The highest BCUT2D eigenvalue weighted by Crippen LogP contribution is 2.33. The van der Waals surface area contributed by atoms with Gasteiger partial charge in [-0.05, 0) is 42.0 Å². The molecule has 38 heavy (non-hydrogen) atoms. The molecular weight excluding hydrogens is 530 g/mol. The molecule has 3 N–H and O–H groups in total. The molecule has 3 aromatic carbocycles. The number of hydrogen-bond acceptors (Lipinski definition) is 6. The molecule has 11 heteroatoms. The lowest BCUT2D eigenvalue weighted by Crippen LogP contribution is -2.47. The zero-order chi connectivity index (χ0) is 26.9. The number of H-pyrrole nitrogens is 1. The van der Waals surface area contributed by atoms with Crippen molar-refractivity contribution in [2.24, 2.45) is 5.73 Å². The smallest absolute Gasteiger partial charge is 0.266 e. The molecule has 4 aromatic rings. The van der Waals surface area contributed by atoms with Gasteiger partial charge in [-0.3, -0.25) is 4.79 Å². The molecule has 198 valence electrons. The van der Waals surface area contributed by atoms with Crippen LogP contribution in [0.1, 0.15) is 10.5 Å². The molecule has 0 radical (unpaired) electrons. The van der Waals surface area contributed by atoms with Crippen LogP contribution in [0.3, 0.4) is 0 Å². The second kappa shape index (κ2) is 10.7. The van der Waals surface area contributed by atoms with Gasteiger partial charge in [0.1, 0.15) is 34.8 Å². The van der Waals surface area contributed by atoms with E-state index in [9.17, 15) is 13.2 Å². The zero-order valence-electron chi connectivity index (χ0n) is 20.5. The minimum Gasteiger partial charge on any atom is -0.496 e. The van der Waals surface area contributed by atoms with E-state index in [1.807, 2.05) is 48.5 Å². The largest absolute Gasteiger partial charge is 0.496 e. The highest BCUT2D eigenvalue weighted by atomic mass is 35.5. The summed E-state index contributed by atoms with van der Waals surface area (Å²) in [7, 11) is -2.47. The van der Waals surface area contributed by atoms with Crippen molar-refractivity contribution in [1.29, 1.82) is 0 Å². The molecule has 1 amide bonds. The molecule has 5 rings (SSSR count). The zero-order valence-corrected chi connectivity index (χ0v) is 22.1. The van der Waals surface area contributed by atoms with Crippen LogP contribution in [0, 0.1) is 0 Å². The first-order valence-corrected chi connectivity index (χ1v) is 13.7. The lowest BCUT2D eigenvalue weighted by Gasteiger charge is -2.32. The molecule has 1 aliphatic heterocycles. The van der Waals surface area contributed by atoms with Crippen molar-refractivity contribution in [2.75, 3.05) is 33.4 Å². The summed E-state index contributed by atoms with van der Waals surface area (Å²) >= 11 is 6.12. The average molecular weight is 556 g/mol. The van der Waals surface area contributed by atoms with Crippen LogP contribution in [0.15, 0.2) is 71.6 Å². The fourth-order valence-electron chi connectivity index (χ4n) is 4.52. The van der Waals surface area contributed by atoms with Gasteiger partial charge in [-0.15, -0.1) is 0 Å². The number of sulfonamides is 1. The fourth-order valence-corrected chi connectivity index (χ4v) is 6.49. The minimum absolute atomic E-state index is 0.0487. The molecular formula is C27H26ClN3O6S. The molecule has 0 aliphatic carbocycles. The van der Waals surface area contributed by atoms with Crippen molar-refractivity contribution >= 4 is 38.4 Å². The number of aromatic amines is 1. The summed E-state index contributed by atoms with van der Waals surface area (Å²) in [5.41, 5.74) is 7.72. The van der Waals surface area contributed by atoms with Crippen molar-refractivity contribution in [2.45, 2.75) is 11.0 Å². The number of methoxy groups -OCH3 is 1. The van der Waals surface area contributed by atoms with Gasteiger partial charge in [-0.2, -0.15) is 4.31 Å². The highest BCUT2D eigenvalue weighted by Gasteiger charge is 2.36. The number of primary amides is 1. The number of benzene rings is 3. The molecule has 0 spiro atoms. The van der Waals surface area contributed by atoms with E-state index in [1.165, 1.54) is 10.4 Å². The van der Waals surface area contributed by atoms with Crippen molar-refractivity contribution in [3.05, 3.63) is 77.4 Å². The van der Waals surface area contributed by atoms with Crippen molar-refractivity contribution < 1.29 is 27.4 Å². The van der Waals surface area contributed by atoms with Gasteiger partial charge >= 0.3 is 0 Å². The van der Waals surface area contributed by atoms with Gasteiger partial charge in [-0.25, -0.2) is 8.42 Å². The molecule has 9 nitrogen and oxygen atoms in total. The van der Waals surface area contributed by atoms with Gasteiger partial charge in [0.25, 0.3) is 5.91 Å². The third-order valence-electron chi connectivity index (χ3n) is 6.37. The first-order chi connectivity index (χ1) is 18.3. The number of amides is 1. The predicted octanol–water partition coefficient (Wildman–Crippen LogP) is 4.06. The number of hydrogen-bond donors (Lipinski definition) is 2. The molecule has 1 unspecified atom stereocenters. The Balaban J connectivity index is 1.31. The number of nitrogens with two attached hydrogens (primary N) is 1. The minimum atomic E-state index is -4.10. The number of nitrogens with zero attached hydrogens (tertiary/aromatic N) is 1. The number of rotatable bonds is 8. The van der Waals surface area contributed by atoms with Crippen LogP contribution < -0.4 is 15.2 Å². The maximum absolute atomic E-state index is 13.7. The Kier molecular flexibility index (Phi) is 7.31.